The summed E-state index contributed by atoms with van der Waals surface area (Å²) in [5.74, 6) is 0.941. The van der Waals surface area contributed by atoms with Crippen LogP contribution in [0.2, 0.25) is 0 Å². The molecule has 0 spiro atoms. The van der Waals surface area contributed by atoms with Crippen LogP contribution in [0, 0.1) is 5.92 Å². The van der Waals surface area contributed by atoms with Gasteiger partial charge >= 0.3 is 0 Å². The van der Waals surface area contributed by atoms with Crippen LogP contribution in [0.5, 0.6) is 0 Å². The third kappa shape index (κ3) is 2.48. The van der Waals surface area contributed by atoms with E-state index in [1.807, 2.05) is 0 Å². The van der Waals surface area contributed by atoms with Crippen molar-refractivity contribution in [2.45, 2.75) is 52.5 Å². The van der Waals surface area contributed by atoms with Crippen molar-refractivity contribution in [1.29, 1.82) is 0 Å². The number of nitrogens with zero attached hydrogens (tertiary/aromatic N) is 1. The summed E-state index contributed by atoms with van der Waals surface area (Å²) in [5.41, 5.74) is 0. The van der Waals surface area contributed by atoms with Crippen molar-refractivity contribution in [3.8, 4) is 0 Å². The lowest BCUT2D eigenvalue weighted by Crippen LogP contribution is -2.32. The van der Waals surface area contributed by atoms with Gasteiger partial charge in [-0.05, 0) is 31.7 Å². The van der Waals surface area contributed by atoms with Crippen LogP contribution in [0.4, 0.5) is 0 Å². The van der Waals surface area contributed by atoms with Crippen molar-refractivity contribution < 1.29 is 0 Å². The van der Waals surface area contributed by atoms with Crippen molar-refractivity contribution in [1.82, 2.24) is 4.90 Å². The third-order valence-electron chi connectivity index (χ3n) is 3.06. The molecule has 1 heterocycles. The molecule has 0 aromatic rings. The van der Waals surface area contributed by atoms with Gasteiger partial charge in [-0.2, -0.15) is 0 Å². The van der Waals surface area contributed by atoms with Crippen molar-refractivity contribution in [2.75, 3.05) is 13.1 Å². The molecule has 1 fully saturated rings. The van der Waals surface area contributed by atoms with Crippen molar-refractivity contribution >= 4 is 0 Å². The van der Waals surface area contributed by atoms with Crippen LogP contribution in [0.3, 0.4) is 0 Å². The fourth-order valence-corrected chi connectivity index (χ4v) is 2.28. The molecule has 1 rings (SSSR count). The van der Waals surface area contributed by atoms with Gasteiger partial charge < -0.3 is 4.90 Å². The molecule has 0 N–H and O–H groups in total. The van der Waals surface area contributed by atoms with E-state index in [-0.39, 0.29) is 0 Å². The SMILES string of the molecule is CCCC(CC)N1CCC(C)C1. The van der Waals surface area contributed by atoms with Gasteiger partial charge in [-0.25, -0.2) is 0 Å². The van der Waals surface area contributed by atoms with Crippen LogP contribution < -0.4 is 0 Å². The van der Waals surface area contributed by atoms with Gasteiger partial charge in [0, 0.05) is 12.6 Å². The molecule has 1 aliphatic heterocycles. The summed E-state index contributed by atoms with van der Waals surface area (Å²) >= 11 is 0. The van der Waals surface area contributed by atoms with Gasteiger partial charge in [0.2, 0.25) is 0 Å². The molecule has 1 heteroatoms. The van der Waals surface area contributed by atoms with Gasteiger partial charge in [-0.15, -0.1) is 0 Å². The molecule has 72 valence electrons. The minimum Gasteiger partial charge on any atom is -0.300 e. The van der Waals surface area contributed by atoms with Gasteiger partial charge in [0.05, 0.1) is 0 Å². The monoisotopic (exact) mass is 169 g/mol. The van der Waals surface area contributed by atoms with E-state index in [0.717, 1.165) is 12.0 Å². The molecule has 0 aliphatic carbocycles. The second-order valence-corrected chi connectivity index (χ2v) is 4.24. The van der Waals surface area contributed by atoms with Crippen LogP contribution in [0.25, 0.3) is 0 Å². The van der Waals surface area contributed by atoms with Crippen LogP contribution in [-0.2, 0) is 0 Å². The second kappa shape index (κ2) is 4.86. The van der Waals surface area contributed by atoms with E-state index < -0.39 is 0 Å². The molecule has 12 heavy (non-hydrogen) atoms. The maximum absolute atomic E-state index is 2.69. The zero-order valence-corrected chi connectivity index (χ0v) is 8.84. The maximum atomic E-state index is 2.69. The fourth-order valence-electron chi connectivity index (χ4n) is 2.28. The molecule has 0 amide bonds. The van der Waals surface area contributed by atoms with E-state index in [1.165, 1.54) is 38.8 Å². The molecule has 0 aromatic heterocycles. The molecule has 2 atom stereocenters. The zero-order chi connectivity index (χ0) is 8.97. The van der Waals surface area contributed by atoms with E-state index in [0.29, 0.717) is 0 Å². The van der Waals surface area contributed by atoms with E-state index >= 15 is 0 Å². The highest BCUT2D eigenvalue weighted by Gasteiger charge is 2.23. The summed E-state index contributed by atoms with van der Waals surface area (Å²) in [6.07, 6.45) is 5.48. The van der Waals surface area contributed by atoms with Gasteiger partial charge in [-0.3, -0.25) is 0 Å². The van der Waals surface area contributed by atoms with Crippen molar-refractivity contribution in [3.05, 3.63) is 0 Å². The Hall–Kier alpha value is -0.0400. The summed E-state index contributed by atoms with van der Waals surface area (Å²) in [5, 5.41) is 0. The molecule has 1 nitrogen and oxygen atoms in total. The first-order chi connectivity index (χ1) is 5.77. The standard InChI is InChI=1S/C11H23N/c1-4-6-11(5-2)12-8-7-10(3)9-12/h10-11H,4-9H2,1-3H3. The highest BCUT2D eigenvalue weighted by molar-refractivity contribution is 4.78. The number of likely N-dealkylation sites (tertiary alicyclic amines) is 1. The highest BCUT2D eigenvalue weighted by atomic mass is 15.2. The van der Waals surface area contributed by atoms with Crippen LogP contribution in [0.1, 0.15) is 46.5 Å². The summed E-state index contributed by atoms with van der Waals surface area (Å²) in [6.45, 7) is 9.68. The second-order valence-electron chi connectivity index (χ2n) is 4.24. The molecule has 0 bridgehead atoms. The number of rotatable bonds is 4. The Bertz CT molecular complexity index is 120. The van der Waals surface area contributed by atoms with Crippen LogP contribution in [0.15, 0.2) is 0 Å². The third-order valence-corrected chi connectivity index (χ3v) is 3.06. The summed E-state index contributed by atoms with van der Waals surface area (Å²) < 4.78 is 0. The van der Waals surface area contributed by atoms with E-state index in [2.05, 4.69) is 25.7 Å². The summed E-state index contributed by atoms with van der Waals surface area (Å²) in [4.78, 5) is 2.69. The fraction of sp³-hybridized carbons (Fsp3) is 1.00. The Morgan fingerprint density at radius 3 is 2.58 bits per heavy atom. The smallest absolute Gasteiger partial charge is 0.00926 e. The molecule has 0 radical (unpaired) electrons. The van der Waals surface area contributed by atoms with Gasteiger partial charge in [0.15, 0.2) is 0 Å². The Labute approximate surface area is 77.1 Å². The van der Waals surface area contributed by atoms with E-state index in [4.69, 9.17) is 0 Å². The topological polar surface area (TPSA) is 3.24 Å². The first-order valence-corrected chi connectivity index (χ1v) is 5.52. The van der Waals surface area contributed by atoms with E-state index in [9.17, 15) is 0 Å². The average Bonchev–Trinajstić information content (AvgIpc) is 2.47. The zero-order valence-electron chi connectivity index (χ0n) is 8.84. The van der Waals surface area contributed by atoms with Crippen molar-refractivity contribution in [3.63, 3.8) is 0 Å². The normalized spacial score (nSPS) is 27.8. The van der Waals surface area contributed by atoms with Crippen LogP contribution >= 0.6 is 0 Å². The maximum Gasteiger partial charge on any atom is 0.00926 e. The highest BCUT2D eigenvalue weighted by Crippen LogP contribution is 2.21. The Kier molecular flexibility index (Phi) is 4.07. The van der Waals surface area contributed by atoms with E-state index in [1.54, 1.807) is 0 Å². The minimum absolute atomic E-state index is 0.875. The Morgan fingerprint density at radius 2 is 2.17 bits per heavy atom. The molecular formula is C11H23N. The Balaban J connectivity index is 2.33. The largest absolute Gasteiger partial charge is 0.300 e. The molecular weight excluding hydrogens is 146 g/mol. The first-order valence-electron chi connectivity index (χ1n) is 5.52. The van der Waals surface area contributed by atoms with Gasteiger partial charge in [-0.1, -0.05) is 27.2 Å². The first kappa shape index (κ1) is 10.0. The predicted molar refractivity (Wildman–Crippen MR) is 54.3 cm³/mol. The quantitative estimate of drug-likeness (QED) is 0.625. The molecule has 0 saturated carbocycles. The lowest BCUT2D eigenvalue weighted by atomic mass is 10.1. The van der Waals surface area contributed by atoms with Crippen molar-refractivity contribution in [2.24, 2.45) is 5.92 Å². The summed E-state index contributed by atoms with van der Waals surface area (Å²) in [6, 6.07) is 0.875. The molecule has 1 saturated heterocycles. The lowest BCUT2D eigenvalue weighted by molar-refractivity contribution is 0.217. The predicted octanol–water partition coefficient (Wildman–Crippen LogP) is 2.91. The molecule has 0 aromatic carbocycles. The summed E-state index contributed by atoms with van der Waals surface area (Å²) in [7, 11) is 0. The average molecular weight is 169 g/mol. The number of hydrogen-bond donors (Lipinski definition) is 0. The van der Waals surface area contributed by atoms with Gasteiger partial charge in [0.1, 0.15) is 0 Å². The van der Waals surface area contributed by atoms with Crippen LogP contribution in [-0.4, -0.2) is 24.0 Å². The Morgan fingerprint density at radius 1 is 1.42 bits per heavy atom. The van der Waals surface area contributed by atoms with Gasteiger partial charge in [0.25, 0.3) is 0 Å². The molecule has 2 unspecified atom stereocenters. The number of hydrogen-bond acceptors (Lipinski definition) is 1. The minimum atomic E-state index is 0.875. The lowest BCUT2D eigenvalue weighted by Gasteiger charge is -2.26. The molecule has 1 aliphatic rings.